The summed E-state index contributed by atoms with van der Waals surface area (Å²) in [5.41, 5.74) is 3.36. The van der Waals surface area contributed by atoms with E-state index in [4.69, 9.17) is 19.4 Å². The van der Waals surface area contributed by atoms with Crippen LogP contribution in [0.2, 0.25) is 0 Å². The molecule has 1 unspecified atom stereocenters. The maximum absolute atomic E-state index is 15.6. The maximum atomic E-state index is 15.6. The van der Waals surface area contributed by atoms with E-state index in [0.717, 1.165) is 40.3 Å². The van der Waals surface area contributed by atoms with Crippen molar-refractivity contribution in [2.24, 2.45) is 0 Å². The van der Waals surface area contributed by atoms with E-state index in [1.165, 1.54) is 10.5 Å². The van der Waals surface area contributed by atoms with Crippen LogP contribution in [0.4, 0.5) is 9.18 Å². The van der Waals surface area contributed by atoms with E-state index in [0.29, 0.717) is 36.9 Å². The first-order chi connectivity index (χ1) is 20.5. The Morgan fingerprint density at radius 3 is 2.58 bits per heavy atom. The second-order valence-corrected chi connectivity index (χ2v) is 15.1. The zero-order chi connectivity index (χ0) is 30.3. The van der Waals surface area contributed by atoms with Gasteiger partial charge >= 0.3 is 6.09 Å². The molecule has 0 bridgehead atoms. The minimum atomic E-state index is -1.65. The van der Waals surface area contributed by atoms with Crippen LogP contribution < -0.4 is 5.30 Å². The number of hydrogen-bond donors (Lipinski definition) is 0. The van der Waals surface area contributed by atoms with Crippen LogP contribution in [0.15, 0.2) is 54.7 Å². The number of carbonyl (C=O) groups excluding carboxylic acids is 1. The fourth-order valence-corrected chi connectivity index (χ4v) is 8.37. The highest BCUT2D eigenvalue weighted by Gasteiger charge is 2.33. The molecule has 0 saturated heterocycles. The number of nitrogens with zero attached hydrogens (tertiary/aromatic N) is 5. The molecule has 3 heterocycles. The molecule has 2 aromatic carbocycles. The fourth-order valence-electron chi connectivity index (χ4n) is 5.81. The monoisotopic (exact) mass is 603 g/mol. The lowest BCUT2D eigenvalue weighted by Gasteiger charge is -2.35. The Kier molecular flexibility index (Phi) is 8.14. The van der Waals surface area contributed by atoms with Gasteiger partial charge in [0.05, 0.1) is 31.0 Å². The molecule has 2 aromatic heterocycles. The first-order valence-corrected chi connectivity index (χ1v) is 16.6. The number of halogens is 1. The Labute approximate surface area is 252 Å². The smallest absolute Gasteiger partial charge is 0.410 e. The zero-order valence-corrected chi connectivity index (χ0v) is 26.4. The van der Waals surface area contributed by atoms with Gasteiger partial charge in [-0.25, -0.2) is 23.8 Å². The molecule has 1 atom stereocenters. The molecule has 226 valence electrons. The molecule has 1 fully saturated rings. The normalized spacial score (nSPS) is 20.7. The lowest BCUT2D eigenvalue weighted by atomic mass is 9.80. The first kappa shape index (κ1) is 29.5. The van der Waals surface area contributed by atoms with Gasteiger partial charge in [0.15, 0.2) is 5.82 Å². The van der Waals surface area contributed by atoms with Gasteiger partial charge in [-0.05, 0) is 82.2 Å². The molecular formula is C33H39FN5O3P. The van der Waals surface area contributed by atoms with Crippen molar-refractivity contribution >= 4 is 35.4 Å². The van der Waals surface area contributed by atoms with Crippen molar-refractivity contribution in [2.45, 2.75) is 71.7 Å². The third-order valence-corrected chi connectivity index (χ3v) is 10.8. The third kappa shape index (κ3) is 6.53. The molecular weight excluding hydrogens is 564 g/mol. The standard InChI is InChI=1S/C33H39FN5O3P/c1-21-13-25-18-35-39(28(25)17-29(21)43-12-11-38(19-30(43)34)32(40)42-33(3,4)5)31-16-27(36-22(2)37-31)24-14-26(15-24)41-20-23-9-7-6-8-10-23/h6-10,13,16-18,24,26,43H,11-12,14-15,19-20H2,1-5H3. The quantitative estimate of drug-likeness (QED) is 0.248. The van der Waals surface area contributed by atoms with Gasteiger partial charge in [-0.2, -0.15) is 5.10 Å². The largest absolute Gasteiger partial charge is 0.444 e. The van der Waals surface area contributed by atoms with Gasteiger partial charge in [0.25, 0.3) is 0 Å². The summed E-state index contributed by atoms with van der Waals surface area (Å²) in [4.78, 5) is 23.5. The minimum absolute atomic E-state index is 0.0220. The van der Waals surface area contributed by atoms with Crippen molar-refractivity contribution < 1.29 is 18.7 Å². The van der Waals surface area contributed by atoms with Gasteiger partial charge in [0.1, 0.15) is 17.0 Å². The van der Waals surface area contributed by atoms with Crippen molar-refractivity contribution in [2.75, 3.05) is 19.3 Å². The Morgan fingerprint density at radius 2 is 1.86 bits per heavy atom. The number of amides is 1. The fraction of sp³-hybridized carbons (Fsp3) is 0.424. The second-order valence-electron chi connectivity index (χ2n) is 12.6. The zero-order valence-electron chi connectivity index (χ0n) is 25.4. The molecule has 8 nitrogen and oxygen atoms in total. The summed E-state index contributed by atoms with van der Waals surface area (Å²) in [6, 6.07) is 16.4. The van der Waals surface area contributed by atoms with Gasteiger partial charge < -0.3 is 14.4 Å². The molecule has 0 N–H and O–H groups in total. The molecule has 10 heteroatoms. The summed E-state index contributed by atoms with van der Waals surface area (Å²) < 4.78 is 29.0. The lowest BCUT2D eigenvalue weighted by molar-refractivity contribution is -0.0215. The number of aromatic nitrogens is 4. The molecule has 0 radical (unpaired) electrons. The van der Waals surface area contributed by atoms with Crippen molar-refractivity contribution in [3.63, 3.8) is 0 Å². The molecule has 1 saturated carbocycles. The van der Waals surface area contributed by atoms with Crippen LogP contribution in [0.1, 0.15) is 62.2 Å². The van der Waals surface area contributed by atoms with E-state index in [9.17, 15) is 4.79 Å². The van der Waals surface area contributed by atoms with E-state index >= 15 is 4.39 Å². The summed E-state index contributed by atoms with van der Waals surface area (Å²) in [6.07, 6.45) is 4.02. The molecule has 2 aliphatic rings. The molecule has 6 rings (SSSR count). The van der Waals surface area contributed by atoms with Crippen molar-refractivity contribution in [3.8, 4) is 5.82 Å². The number of rotatable bonds is 6. The molecule has 43 heavy (non-hydrogen) atoms. The van der Waals surface area contributed by atoms with Crippen LogP contribution >= 0.6 is 7.55 Å². The summed E-state index contributed by atoms with van der Waals surface area (Å²) in [5.74, 6) is 1.71. The van der Waals surface area contributed by atoms with Crippen LogP contribution in [-0.2, 0) is 16.1 Å². The Morgan fingerprint density at radius 1 is 1.09 bits per heavy atom. The highest BCUT2D eigenvalue weighted by Crippen LogP contribution is 2.39. The Bertz CT molecular complexity index is 1690. The number of aryl methyl sites for hydroxylation is 2. The molecule has 1 aliphatic heterocycles. The maximum Gasteiger partial charge on any atom is 0.410 e. The minimum Gasteiger partial charge on any atom is -0.444 e. The number of hydrogen-bond acceptors (Lipinski definition) is 6. The van der Waals surface area contributed by atoms with Crippen LogP contribution in [0.5, 0.6) is 0 Å². The van der Waals surface area contributed by atoms with Gasteiger partial charge in [-0.1, -0.05) is 37.9 Å². The number of fused-ring (bicyclic) bond motifs is 1. The van der Waals surface area contributed by atoms with E-state index in [2.05, 4.69) is 29.4 Å². The lowest BCUT2D eigenvalue weighted by Crippen LogP contribution is -2.43. The van der Waals surface area contributed by atoms with E-state index < -0.39 is 19.2 Å². The molecule has 1 amide bonds. The third-order valence-electron chi connectivity index (χ3n) is 8.08. The average molecular weight is 604 g/mol. The van der Waals surface area contributed by atoms with E-state index in [1.807, 2.05) is 69.8 Å². The summed E-state index contributed by atoms with van der Waals surface area (Å²) in [5, 5.41) is 6.67. The van der Waals surface area contributed by atoms with Crippen molar-refractivity contribution in [1.82, 2.24) is 24.6 Å². The Balaban J connectivity index is 1.22. The SMILES string of the molecule is Cc1nc(C2CC(OCc3ccccc3)C2)cc(-n2ncc3cc(C)c([PH]4=C(F)CN(C(=O)OC(C)(C)C)CC4)cc32)n1. The van der Waals surface area contributed by atoms with Crippen LogP contribution in [0.25, 0.3) is 16.7 Å². The van der Waals surface area contributed by atoms with Crippen molar-refractivity contribution in [1.29, 1.82) is 0 Å². The number of carbonyl (C=O) groups is 1. The molecule has 1 aliphatic carbocycles. The molecule has 0 spiro atoms. The first-order valence-electron chi connectivity index (χ1n) is 14.9. The van der Waals surface area contributed by atoms with Gasteiger partial charge in [0.2, 0.25) is 0 Å². The second kappa shape index (κ2) is 11.9. The Hall–Kier alpha value is -3.55. The van der Waals surface area contributed by atoms with Crippen LogP contribution in [0, 0.1) is 13.8 Å². The highest BCUT2D eigenvalue weighted by atomic mass is 31.1. The number of benzene rings is 2. The summed E-state index contributed by atoms with van der Waals surface area (Å²) in [6.45, 7) is 10.5. The van der Waals surface area contributed by atoms with E-state index in [-0.39, 0.29) is 18.2 Å². The predicted octanol–water partition coefficient (Wildman–Crippen LogP) is 6.08. The van der Waals surface area contributed by atoms with E-state index in [1.54, 1.807) is 0 Å². The van der Waals surface area contributed by atoms with Gasteiger partial charge in [0, 0.05) is 29.6 Å². The molecule has 4 aromatic rings. The topological polar surface area (TPSA) is 82.4 Å². The predicted molar refractivity (Wildman–Crippen MR) is 170 cm³/mol. The summed E-state index contributed by atoms with van der Waals surface area (Å²) >= 11 is 0. The number of ether oxygens (including phenoxy) is 2. The van der Waals surface area contributed by atoms with Crippen molar-refractivity contribution in [3.05, 3.63) is 77.4 Å². The summed E-state index contributed by atoms with van der Waals surface area (Å²) in [7, 11) is -1.65. The van der Waals surface area contributed by atoms with Crippen LogP contribution in [-0.4, -0.2) is 67.2 Å². The van der Waals surface area contributed by atoms with Crippen LogP contribution in [0.3, 0.4) is 0 Å². The highest BCUT2D eigenvalue weighted by molar-refractivity contribution is 7.66. The van der Waals surface area contributed by atoms with Gasteiger partial charge in [-0.15, -0.1) is 0 Å². The van der Waals surface area contributed by atoms with Gasteiger partial charge in [-0.3, -0.25) is 0 Å². The average Bonchev–Trinajstić information content (AvgIpc) is 3.34.